The van der Waals surface area contributed by atoms with Gasteiger partial charge in [0.05, 0.1) is 17.9 Å². The molecule has 0 spiro atoms. The van der Waals surface area contributed by atoms with E-state index in [0.717, 1.165) is 34.4 Å². The van der Waals surface area contributed by atoms with Crippen LogP contribution in [0.2, 0.25) is 0 Å². The molecule has 0 saturated heterocycles. The number of nitrogens with zero attached hydrogens (tertiary/aromatic N) is 2. The summed E-state index contributed by atoms with van der Waals surface area (Å²) in [6.07, 6.45) is -4.40. The van der Waals surface area contributed by atoms with Crippen LogP contribution in [0, 0.1) is 13.8 Å². The van der Waals surface area contributed by atoms with Crippen LogP contribution in [-0.2, 0) is 28.8 Å². The molecule has 0 radical (unpaired) electrons. The summed E-state index contributed by atoms with van der Waals surface area (Å²) >= 11 is 0. The van der Waals surface area contributed by atoms with Crippen molar-refractivity contribution in [3.05, 3.63) is 113 Å². The molecule has 0 saturated carbocycles. The standard InChI is InChI=1S/C34H35F3N2O3/c1-6-41-32(40)33(4,5)42-30-19-14-26(20-24(30)3)22-39(21-25-12-10-23(2)11-13-25)31-9-7-8-29(38-31)27-15-17-28(18-16-27)34(35,36)37/h7-20H,6,21-22H2,1-5H3. The van der Waals surface area contributed by atoms with Gasteiger partial charge in [0, 0.05) is 18.7 Å². The third-order valence-electron chi connectivity index (χ3n) is 6.81. The Balaban J connectivity index is 1.62. The van der Waals surface area contributed by atoms with Crippen molar-refractivity contribution in [1.82, 2.24) is 4.98 Å². The largest absolute Gasteiger partial charge is 0.476 e. The summed E-state index contributed by atoms with van der Waals surface area (Å²) in [4.78, 5) is 19.3. The van der Waals surface area contributed by atoms with Gasteiger partial charge in [-0.05, 0) is 81.6 Å². The summed E-state index contributed by atoms with van der Waals surface area (Å²) in [5, 5.41) is 0. The van der Waals surface area contributed by atoms with Crippen LogP contribution in [0.5, 0.6) is 5.75 Å². The maximum absolute atomic E-state index is 13.1. The van der Waals surface area contributed by atoms with Crippen molar-refractivity contribution in [1.29, 1.82) is 0 Å². The van der Waals surface area contributed by atoms with E-state index >= 15 is 0 Å². The molecule has 0 aliphatic carbocycles. The van der Waals surface area contributed by atoms with Gasteiger partial charge in [-0.15, -0.1) is 0 Å². The molecule has 0 bridgehead atoms. The number of rotatable bonds is 10. The quantitative estimate of drug-likeness (QED) is 0.178. The average Bonchev–Trinajstić information content (AvgIpc) is 2.95. The molecular formula is C34H35F3N2O3. The van der Waals surface area contributed by atoms with Gasteiger partial charge in [0.1, 0.15) is 11.6 Å². The molecule has 5 nitrogen and oxygen atoms in total. The van der Waals surface area contributed by atoms with Crippen molar-refractivity contribution in [2.45, 2.75) is 59.5 Å². The highest BCUT2D eigenvalue weighted by atomic mass is 19.4. The van der Waals surface area contributed by atoms with Crippen LogP contribution >= 0.6 is 0 Å². The normalized spacial score (nSPS) is 11.7. The van der Waals surface area contributed by atoms with Gasteiger partial charge in [0.25, 0.3) is 0 Å². The Morgan fingerprint density at radius 1 is 0.857 bits per heavy atom. The van der Waals surface area contributed by atoms with E-state index in [1.54, 1.807) is 26.8 Å². The molecule has 0 fully saturated rings. The Morgan fingerprint density at radius 3 is 2.12 bits per heavy atom. The Morgan fingerprint density at radius 2 is 1.50 bits per heavy atom. The molecule has 220 valence electrons. The van der Waals surface area contributed by atoms with Gasteiger partial charge in [-0.3, -0.25) is 0 Å². The molecule has 1 aromatic heterocycles. The number of benzene rings is 3. The minimum Gasteiger partial charge on any atom is -0.476 e. The highest BCUT2D eigenvalue weighted by molar-refractivity contribution is 5.79. The predicted octanol–water partition coefficient (Wildman–Crippen LogP) is 8.31. The topological polar surface area (TPSA) is 51.7 Å². The zero-order valence-corrected chi connectivity index (χ0v) is 24.5. The van der Waals surface area contributed by atoms with Crippen LogP contribution in [0.15, 0.2) is 84.9 Å². The summed E-state index contributed by atoms with van der Waals surface area (Å²) in [6, 6.07) is 24.6. The van der Waals surface area contributed by atoms with E-state index in [9.17, 15) is 18.0 Å². The Kier molecular flexibility index (Phi) is 9.24. The first-order valence-corrected chi connectivity index (χ1v) is 13.8. The summed E-state index contributed by atoms with van der Waals surface area (Å²) < 4.78 is 50.4. The Hall–Kier alpha value is -4.33. The molecule has 4 aromatic rings. The molecule has 42 heavy (non-hydrogen) atoms. The maximum Gasteiger partial charge on any atom is 0.416 e. The molecular weight excluding hydrogens is 541 g/mol. The predicted molar refractivity (Wildman–Crippen MR) is 158 cm³/mol. The van der Waals surface area contributed by atoms with Crippen molar-refractivity contribution >= 4 is 11.8 Å². The monoisotopic (exact) mass is 576 g/mol. The zero-order valence-electron chi connectivity index (χ0n) is 24.5. The average molecular weight is 577 g/mol. The molecule has 0 N–H and O–H groups in total. The fourth-order valence-corrected chi connectivity index (χ4v) is 4.49. The lowest BCUT2D eigenvalue weighted by molar-refractivity contribution is -0.158. The van der Waals surface area contributed by atoms with E-state index in [0.29, 0.717) is 35.9 Å². The highest BCUT2D eigenvalue weighted by Gasteiger charge is 2.32. The van der Waals surface area contributed by atoms with Crippen LogP contribution in [0.4, 0.5) is 19.0 Å². The van der Waals surface area contributed by atoms with Crippen LogP contribution in [-0.4, -0.2) is 23.2 Å². The molecule has 1 heterocycles. The van der Waals surface area contributed by atoms with Gasteiger partial charge in [-0.1, -0.05) is 60.2 Å². The van der Waals surface area contributed by atoms with Crippen LogP contribution in [0.3, 0.4) is 0 Å². The molecule has 4 rings (SSSR count). The lowest BCUT2D eigenvalue weighted by Gasteiger charge is -2.27. The number of esters is 1. The number of pyridine rings is 1. The minimum absolute atomic E-state index is 0.272. The number of carbonyl (C=O) groups is 1. The minimum atomic E-state index is -4.40. The fraction of sp³-hybridized carbons (Fsp3) is 0.294. The van der Waals surface area contributed by atoms with Gasteiger partial charge >= 0.3 is 12.1 Å². The van der Waals surface area contributed by atoms with Gasteiger partial charge in [-0.25, -0.2) is 9.78 Å². The molecule has 0 amide bonds. The number of ether oxygens (including phenoxy) is 2. The van der Waals surface area contributed by atoms with Crippen LogP contribution in [0.1, 0.15) is 48.6 Å². The summed E-state index contributed by atoms with van der Waals surface area (Å²) in [7, 11) is 0. The third kappa shape index (κ3) is 7.69. The van der Waals surface area contributed by atoms with E-state index in [1.807, 2.05) is 44.2 Å². The molecule has 0 aliphatic heterocycles. The SMILES string of the molecule is CCOC(=O)C(C)(C)Oc1ccc(CN(Cc2ccc(C)cc2)c2cccc(-c3ccc(C(F)(F)F)cc3)n2)cc1C. The first-order chi connectivity index (χ1) is 19.9. The van der Waals surface area contributed by atoms with E-state index < -0.39 is 23.3 Å². The number of hydrogen-bond donors (Lipinski definition) is 0. The lowest BCUT2D eigenvalue weighted by Crippen LogP contribution is -2.39. The highest BCUT2D eigenvalue weighted by Crippen LogP contribution is 2.32. The van der Waals surface area contributed by atoms with E-state index in [2.05, 4.69) is 29.2 Å². The van der Waals surface area contributed by atoms with Crippen LogP contribution in [0.25, 0.3) is 11.3 Å². The van der Waals surface area contributed by atoms with Crippen molar-refractivity contribution in [2.75, 3.05) is 11.5 Å². The van der Waals surface area contributed by atoms with Gasteiger partial charge in [0.2, 0.25) is 0 Å². The molecule has 0 unspecified atom stereocenters. The molecule has 3 aromatic carbocycles. The van der Waals surface area contributed by atoms with Gasteiger partial charge in [-0.2, -0.15) is 13.2 Å². The number of halogens is 3. The Labute approximate surface area is 244 Å². The van der Waals surface area contributed by atoms with E-state index in [1.165, 1.54) is 12.1 Å². The van der Waals surface area contributed by atoms with Crippen molar-refractivity contribution in [3.63, 3.8) is 0 Å². The number of hydrogen-bond acceptors (Lipinski definition) is 5. The summed E-state index contributed by atoms with van der Waals surface area (Å²) in [5.41, 5.74) is 3.46. The van der Waals surface area contributed by atoms with Crippen molar-refractivity contribution in [2.24, 2.45) is 0 Å². The number of anilines is 1. The van der Waals surface area contributed by atoms with Crippen LogP contribution < -0.4 is 9.64 Å². The lowest BCUT2D eigenvalue weighted by atomic mass is 10.1. The van der Waals surface area contributed by atoms with E-state index in [-0.39, 0.29) is 6.61 Å². The number of aromatic nitrogens is 1. The van der Waals surface area contributed by atoms with Crippen molar-refractivity contribution in [3.8, 4) is 17.0 Å². The zero-order chi connectivity index (χ0) is 30.5. The number of alkyl halides is 3. The number of aryl methyl sites for hydroxylation is 2. The molecule has 0 atom stereocenters. The maximum atomic E-state index is 13.1. The second-order valence-electron chi connectivity index (χ2n) is 10.7. The molecule has 0 aliphatic rings. The van der Waals surface area contributed by atoms with Gasteiger partial charge < -0.3 is 14.4 Å². The second kappa shape index (κ2) is 12.7. The fourth-order valence-electron chi connectivity index (χ4n) is 4.49. The Bertz CT molecular complexity index is 1510. The number of carbonyl (C=O) groups excluding carboxylic acids is 1. The first-order valence-electron chi connectivity index (χ1n) is 13.8. The van der Waals surface area contributed by atoms with Crippen molar-refractivity contribution < 1.29 is 27.4 Å². The first kappa shape index (κ1) is 30.6. The van der Waals surface area contributed by atoms with Gasteiger partial charge in [0.15, 0.2) is 5.60 Å². The third-order valence-corrected chi connectivity index (χ3v) is 6.81. The smallest absolute Gasteiger partial charge is 0.416 e. The van der Waals surface area contributed by atoms with E-state index in [4.69, 9.17) is 14.5 Å². The second-order valence-corrected chi connectivity index (χ2v) is 10.7. The molecule has 8 heteroatoms. The summed E-state index contributed by atoms with van der Waals surface area (Å²) in [5.74, 6) is 0.843. The summed E-state index contributed by atoms with van der Waals surface area (Å²) in [6.45, 7) is 10.4.